The van der Waals surface area contributed by atoms with Crippen LogP contribution in [-0.4, -0.2) is 18.2 Å². The van der Waals surface area contributed by atoms with Crippen LogP contribution in [0.4, 0.5) is 10.1 Å². The van der Waals surface area contributed by atoms with Gasteiger partial charge in [-0.05, 0) is 50.1 Å². The largest absolute Gasteiger partial charge is 0.330 e. The summed E-state index contributed by atoms with van der Waals surface area (Å²) in [5.74, 6) is -0.532. The Bertz CT molecular complexity index is 498. The van der Waals surface area contributed by atoms with E-state index in [1.807, 2.05) is 0 Å². The van der Waals surface area contributed by atoms with Gasteiger partial charge >= 0.3 is 0 Å². The van der Waals surface area contributed by atoms with E-state index in [2.05, 4.69) is 12.0 Å². The van der Waals surface area contributed by atoms with Crippen LogP contribution in [0.1, 0.15) is 32.6 Å². The third-order valence-corrected chi connectivity index (χ3v) is 3.41. The molecule has 1 atom stereocenters. The number of halogens is 1. The smallest absolute Gasteiger partial charge is 0.256 e. The summed E-state index contributed by atoms with van der Waals surface area (Å²) in [6.07, 6.45) is 3.28. The first kappa shape index (κ1) is 14.7. The second-order valence-corrected chi connectivity index (χ2v) is 4.95. The van der Waals surface area contributed by atoms with Crippen molar-refractivity contribution in [3.63, 3.8) is 0 Å². The van der Waals surface area contributed by atoms with Crippen LogP contribution in [0.15, 0.2) is 29.4 Å². The third-order valence-electron chi connectivity index (χ3n) is 3.41. The summed E-state index contributed by atoms with van der Waals surface area (Å²) in [4.78, 5) is 12.5. The maximum absolute atomic E-state index is 13.0. The second-order valence-electron chi connectivity index (χ2n) is 4.95. The minimum atomic E-state index is -0.321. The molecule has 1 unspecified atom stereocenters. The van der Waals surface area contributed by atoms with E-state index < -0.39 is 0 Å². The molecule has 0 aromatic heterocycles. The Morgan fingerprint density at radius 3 is 2.65 bits per heavy atom. The molecular formula is C15H20FN3O. The Labute approximate surface area is 118 Å². The molecule has 108 valence electrons. The van der Waals surface area contributed by atoms with Gasteiger partial charge in [-0.2, -0.15) is 5.10 Å². The minimum Gasteiger partial charge on any atom is -0.330 e. The maximum Gasteiger partial charge on any atom is 0.256 e. The normalized spacial score (nSPS) is 18.6. The molecule has 2 N–H and O–H groups in total. The predicted octanol–water partition coefficient (Wildman–Crippen LogP) is 2.68. The summed E-state index contributed by atoms with van der Waals surface area (Å²) in [5, 5.41) is 5.82. The van der Waals surface area contributed by atoms with E-state index in [1.54, 1.807) is 12.1 Å². The first-order valence-electron chi connectivity index (χ1n) is 7.04. The van der Waals surface area contributed by atoms with E-state index in [-0.39, 0.29) is 17.6 Å². The fraction of sp³-hybridized carbons (Fsp3) is 0.467. The number of hydrogen-bond donors (Lipinski definition) is 1. The molecule has 20 heavy (non-hydrogen) atoms. The predicted molar refractivity (Wildman–Crippen MR) is 78.0 cm³/mol. The molecule has 0 saturated heterocycles. The van der Waals surface area contributed by atoms with Gasteiger partial charge in [-0.1, -0.05) is 13.3 Å². The van der Waals surface area contributed by atoms with E-state index in [1.165, 1.54) is 17.1 Å². The van der Waals surface area contributed by atoms with Crippen LogP contribution in [0.3, 0.4) is 0 Å². The summed E-state index contributed by atoms with van der Waals surface area (Å²) < 4.78 is 13.0. The topological polar surface area (TPSA) is 58.7 Å². The highest BCUT2D eigenvalue weighted by Gasteiger charge is 2.35. The number of benzene rings is 1. The molecule has 5 heteroatoms. The lowest BCUT2D eigenvalue weighted by Crippen LogP contribution is -2.28. The molecule has 0 radical (unpaired) electrons. The van der Waals surface area contributed by atoms with Gasteiger partial charge in [0.1, 0.15) is 5.82 Å². The molecule has 1 heterocycles. The molecule has 0 saturated carbocycles. The zero-order valence-electron chi connectivity index (χ0n) is 11.7. The molecule has 1 amide bonds. The zero-order chi connectivity index (χ0) is 14.5. The number of rotatable bonds is 6. The van der Waals surface area contributed by atoms with E-state index in [0.29, 0.717) is 12.2 Å². The number of hydrazone groups is 1. The highest BCUT2D eigenvalue weighted by molar-refractivity contribution is 6.15. The van der Waals surface area contributed by atoms with Crippen LogP contribution < -0.4 is 10.7 Å². The van der Waals surface area contributed by atoms with E-state index in [9.17, 15) is 9.18 Å². The van der Waals surface area contributed by atoms with Gasteiger partial charge in [0.2, 0.25) is 0 Å². The molecule has 1 aromatic rings. The van der Waals surface area contributed by atoms with Crippen LogP contribution in [0.5, 0.6) is 0 Å². The number of nitrogens with two attached hydrogens (primary N) is 1. The number of hydrogen-bond acceptors (Lipinski definition) is 3. The lowest BCUT2D eigenvalue weighted by atomic mass is 9.94. The highest BCUT2D eigenvalue weighted by Crippen LogP contribution is 2.28. The molecule has 1 aliphatic rings. The summed E-state index contributed by atoms with van der Waals surface area (Å²) in [5.41, 5.74) is 7.05. The number of carbonyl (C=O) groups excluding carboxylic acids is 1. The van der Waals surface area contributed by atoms with E-state index >= 15 is 0 Å². The number of anilines is 1. The van der Waals surface area contributed by atoms with Crippen molar-refractivity contribution in [3.05, 3.63) is 30.1 Å². The fourth-order valence-electron chi connectivity index (χ4n) is 2.40. The maximum atomic E-state index is 13.0. The monoisotopic (exact) mass is 277 g/mol. The Kier molecular flexibility index (Phi) is 4.84. The van der Waals surface area contributed by atoms with Gasteiger partial charge in [0.15, 0.2) is 0 Å². The Balaban J connectivity index is 2.21. The van der Waals surface area contributed by atoms with Crippen LogP contribution in [0.2, 0.25) is 0 Å². The molecule has 1 aliphatic heterocycles. The molecule has 0 bridgehead atoms. The molecule has 4 nitrogen and oxygen atoms in total. The summed E-state index contributed by atoms with van der Waals surface area (Å²) in [6, 6.07) is 5.83. The molecule has 0 spiro atoms. The summed E-state index contributed by atoms with van der Waals surface area (Å²) >= 11 is 0. The van der Waals surface area contributed by atoms with Gasteiger partial charge in [-0.25, -0.2) is 9.40 Å². The van der Waals surface area contributed by atoms with Crippen molar-refractivity contribution in [2.24, 2.45) is 16.8 Å². The minimum absolute atomic E-state index is 0.0338. The van der Waals surface area contributed by atoms with Crippen molar-refractivity contribution in [1.82, 2.24) is 0 Å². The number of nitrogens with zero attached hydrogens (tertiary/aromatic N) is 2. The van der Waals surface area contributed by atoms with Crippen molar-refractivity contribution in [1.29, 1.82) is 0 Å². The Morgan fingerprint density at radius 1 is 1.35 bits per heavy atom. The van der Waals surface area contributed by atoms with Crippen LogP contribution in [0, 0.1) is 11.7 Å². The molecule has 2 rings (SSSR count). The number of amides is 1. The van der Waals surface area contributed by atoms with Crippen molar-refractivity contribution in [2.45, 2.75) is 32.6 Å². The fourth-order valence-corrected chi connectivity index (χ4v) is 2.40. The highest BCUT2D eigenvalue weighted by atomic mass is 19.1. The van der Waals surface area contributed by atoms with Crippen molar-refractivity contribution in [3.8, 4) is 0 Å². The Hall–Kier alpha value is -1.75. The van der Waals surface area contributed by atoms with E-state index in [4.69, 9.17) is 5.73 Å². The van der Waals surface area contributed by atoms with Crippen LogP contribution >= 0.6 is 0 Å². The van der Waals surface area contributed by atoms with Crippen molar-refractivity contribution in [2.75, 3.05) is 11.6 Å². The standard InChI is InChI=1S/C15H20FN3O/c1-2-4-14-13(5-3-10-17)15(20)19(18-14)12-8-6-11(16)7-9-12/h6-9,13H,2-5,10,17H2,1H3. The molecular weight excluding hydrogens is 257 g/mol. The van der Waals surface area contributed by atoms with Gasteiger partial charge < -0.3 is 5.73 Å². The number of carbonyl (C=O) groups is 1. The van der Waals surface area contributed by atoms with Gasteiger partial charge in [-0.15, -0.1) is 0 Å². The lowest BCUT2D eigenvalue weighted by Gasteiger charge is -2.14. The van der Waals surface area contributed by atoms with Crippen molar-refractivity contribution >= 4 is 17.3 Å². The van der Waals surface area contributed by atoms with Crippen molar-refractivity contribution < 1.29 is 9.18 Å². The molecule has 1 aromatic carbocycles. The first-order chi connectivity index (χ1) is 9.67. The molecule has 0 fully saturated rings. The van der Waals surface area contributed by atoms with Gasteiger partial charge in [-0.3, -0.25) is 4.79 Å². The first-order valence-corrected chi connectivity index (χ1v) is 7.04. The van der Waals surface area contributed by atoms with Gasteiger partial charge in [0.05, 0.1) is 17.3 Å². The quantitative estimate of drug-likeness (QED) is 0.869. The summed E-state index contributed by atoms with van der Waals surface area (Å²) in [7, 11) is 0. The van der Waals surface area contributed by atoms with Crippen LogP contribution in [-0.2, 0) is 4.79 Å². The second kappa shape index (κ2) is 6.61. The van der Waals surface area contributed by atoms with Gasteiger partial charge in [0, 0.05) is 0 Å². The third kappa shape index (κ3) is 3.04. The lowest BCUT2D eigenvalue weighted by molar-refractivity contribution is -0.119. The Morgan fingerprint density at radius 2 is 2.05 bits per heavy atom. The van der Waals surface area contributed by atoms with E-state index in [0.717, 1.165) is 31.4 Å². The average molecular weight is 277 g/mol. The SMILES string of the molecule is CCCC1=NN(c2ccc(F)cc2)C(=O)C1CCCN. The molecule has 0 aliphatic carbocycles. The van der Waals surface area contributed by atoms with Crippen LogP contribution in [0.25, 0.3) is 0 Å². The average Bonchev–Trinajstić information content (AvgIpc) is 2.75. The zero-order valence-corrected chi connectivity index (χ0v) is 11.7. The van der Waals surface area contributed by atoms with Gasteiger partial charge in [0.25, 0.3) is 5.91 Å². The summed E-state index contributed by atoms with van der Waals surface area (Å²) in [6.45, 7) is 2.63.